The summed E-state index contributed by atoms with van der Waals surface area (Å²) in [5.74, 6) is -0.167. The minimum Gasteiger partial charge on any atom is -0.493 e. The molecule has 0 saturated heterocycles. The lowest BCUT2D eigenvalue weighted by Gasteiger charge is -2.13. The van der Waals surface area contributed by atoms with Crippen molar-refractivity contribution in [3.63, 3.8) is 0 Å². The fourth-order valence-corrected chi connectivity index (χ4v) is 2.54. The topological polar surface area (TPSA) is 99.2 Å². The van der Waals surface area contributed by atoms with Gasteiger partial charge in [0.15, 0.2) is 0 Å². The van der Waals surface area contributed by atoms with Gasteiger partial charge in [0.1, 0.15) is 17.1 Å². The Balaban J connectivity index is 2.36. The number of rotatable bonds is 8. The van der Waals surface area contributed by atoms with Crippen molar-refractivity contribution in [2.75, 3.05) is 11.9 Å². The van der Waals surface area contributed by atoms with Crippen LogP contribution < -0.4 is 15.8 Å². The first-order valence-electron chi connectivity index (χ1n) is 8.39. The maximum absolute atomic E-state index is 12.8. The largest absolute Gasteiger partial charge is 0.493 e. The van der Waals surface area contributed by atoms with E-state index in [-0.39, 0.29) is 11.5 Å². The van der Waals surface area contributed by atoms with Gasteiger partial charge in [-0.2, -0.15) is 5.10 Å². The molecule has 0 saturated carbocycles. The molecular formula is C18H24N4O3. The third kappa shape index (κ3) is 4.17. The van der Waals surface area contributed by atoms with Gasteiger partial charge in [-0.25, -0.2) is 4.68 Å². The van der Waals surface area contributed by atoms with Gasteiger partial charge in [-0.05, 0) is 31.9 Å². The van der Waals surface area contributed by atoms with Crippen LogP contribution in [0.3, 0.4) is 0 Å². The van der Waals surface area contributed by atoms with Gasteiger partial charge in [-0.15, -0.1) is 0 Å². The number of anilines is 1. The van der Waals surface area contributed by atoms with E-state index in [0.29, 0.717) is 36.0 Å². The third-order valence-corrected chi connectivity index (χ3v) is 3.63. The summed E-state index contributed by atoms with van der Waals surface area (Å²) in [5, 5.41) is 7.09. The number of aromatic nitrogens is 2. The zero-order chi connectivity index (χ0) is 18.4. The summed E-state index contributed by atoms with van der Waals surface area (Å²) in [4.78, 5) is 24.5. The van der Waals surface area contributed by atoms with Crippen LogP contribution in [0.1, 0.15) is 53.1 Å². The third-order valence-electron chi connectivity index (χ3n) is 3.63. The van der Waals surface area contributed by atoms with Crippen molar-refractivity contribution in [1.29, 1.82) is 0 Å². The average Bonchev–Trinajstić information content (AvgIpc) is 2.88. The number of benzene rings is 1. The summed E-state index contributed by atoms with van der Waals surface area (Å²) in [6.07, 6.45) is 1.64. The second kappa shape index (κ2) is 8.32. The Kier molecular flexibility index (Phi) is 6.16. The average molecular weight is 344 g/mol. The Morgan fingerprint density at radius 2 is 1.96 bits per heavy atom. The van der Waals surface area contributed by atoms with Crippen molar-refractivity contribution in [2.24, 2.45) is 5.73 Å². The zero-order valence-electron chi connectivity index (χ0n) is 14.8. The van der Waals surface area contributed by atoms with Gasteiger partial charge in [0.25, 0.3) is 11.8 Å². The Labute approximate surface area is 147 Å². The number of carbonyl (C=O) groups is 2. The molecule has 2 aromatic rings. The highest BCUT2D eigenvalue weighted by molar-refractivity contribution is 6.09. The van der Waals surface area contributed by atoms with Crippen LogP contribution in [-0.2, 0) is 6.54 Å². The lowest BCUT2D eigenvalue weighted by molar-refractivity contribution is 0.100. The summed E-state index contributed by atoms with van der Waals surface area (Å²) in [5.41, 5.74) is 6.59. The zero-order valence-corrected chi connectivity index (χ0v) is 14.8. The van der Waals surface area contributed by atoms with Crippen molar-refractivity contribution in [2.45, 2.75) is 40.2 Å². The van der Waals surface area contributed by atoms with Crippen LogP contribution in [0.15, 0.2) is 24.3 Å². The minimum atomic E-state index is -0.620. The van der Waals surface area contributed by atoms with Crippen LogP contribution >= 0.6 is 0 Å². The molecule has 0 spiro atoms. The molecule has 0 aliphatic heterocycles. The molecule has 0 bridgehead atoms. The molecule has 0 aliphatic carbocycles. The first kappa shape index (κ1) is 18.5. The van der Waals surface area contributed by atoms with Gasteiger partial charge >= 0.3 is 0 Å². The molecule has 0 radical (unpaired) electrons. The number of carbonyl (C=O) groups excluding carboxylic acids is 2. The summed E-state index contributed by atoms with van der Waals surface area (Å²) < 4.78 is 7.23. The number of hydrogen-bond acceptors (Lipinski definition) is 4. The van der Waals surface area contributed by atoms with Gasteiger partial charge in [0.05, 0.1) is 17.9 Å². The maximum Gasteiger partial charge on any atom is 0.260 e. The van der Waals surface area contributed by atoms with Crippen molar-refractivity contribution in [1.82, 2.24) is 9.78 Å². The second-order valence-electron chi connectivity index (χ2n) is 5.70. The van der Waals surface area contributed by atoms with Gasteiger partial charge in [-0.1, -0.05) is 26.0 Å². The molecule has 0 unspecified atom stereocenters. The number of aryl methyl sites for hydroxylation is 2. The number of nitrogens with zero attached hydrogens (tertiary/aromatic N) is 2. The molecule has 1 aromatic heterocycles. The van der Waals surface area contributed by atoms with Crippen LogP contribution in [0.25, 0.3) is 0 Å². The van der Waals surface area contributed by atoms with Crippen LogP contribution in [0.5, 0.6) is 5.75 Å². The van der Waals surface area contributed by atoms with Crippen LogP contribution in [0.4, 0.5) is 5.82 Å². The maximum atomic E-state index is 12.8. The van der Waals surface area contributed by atoms with E-state index < -0.39 is 5.91 Å². The first-order valence-corrected chi connectivity index (χ1v) is 8.39. The Hall–Kier alpha value is -2.83. The van der Waals surface area contributed by atoms with E-state index >= 15 is 0 Å². The molecule has 0 atom stereocenters. The summed E-state index contributed by atoms with van der Waals surface area (Å²) in [6.45, 7) is 6.76. The van der Waals surface area contributed by atoms with E-state index in [4.69, 9.17) is 10.5 Å². The normalized spacial score (nSPS) is 10.5. The molecule has 1 heterocycles. The van der Waals surface area contributed by atoms with E-state index in [0.717, 1.165) is 12.8 Å². The fourth-order valence-electron chi connectivity index (χ4n) is 2.54. The van der Waals surface area contributed by atoms with Crippen LogP contribution in [0, 0.1) is 6.92 Å². The monoisotopic (exact) mass is 344 g/mol. The summed E-state index contributed by atoms with van der Waals surface area (Å²) >= 11 is 0. The number of nitrogens with two attached hydrogens (primary N) is 1. The Morgan fingerprint density at radius 1 is 1.24 bits per heavy atom. The quantitative estimate of drug-likeness (QED) is 0.769. The van der Waals surface area contributed by atoms with Crippen molar-refractivity contribution in [3.8, 4) is 5.75 Å². The molecule has 25 heavy (non-hydrogen) atoms. The first-order chi connectivity index (χ1) is 12.0. The highest BCUT2D eigenvalue weighted by atomic mass is 16.5. The van der Waals surface area contributed by atoms with Gasteiger partial charge in [-0.3, -0.25) is 9.59 Å². The Morgan fingerprint density at radius 3 is 2.60 bits per heavy atom. The molecule has 7 nitrogen and oxygen atoms in total. The van der Waals surface area contributed by atoms with E-state index in [1.54, 1.807) is 29.8 Å². The second-order valence-corrected chi connectivity index (χ2v) is 5.70. The SMILES string of the molecule is CCCOc1ccccc1C(=O)Nc1c(C(N)=O)c(C)nn1CCC. The summed E-state index contributed by atoms with van der Waals surface area (Å²) in [6, 6.07) is 6.99. The minimum absolute atomic E-state index is 0.230. The number of hydrogen-bond donors (Lipinski definition) is 2. The van der Waals surface area contributed by atoms with Crippen molar-refractivity contribution in [3.05, 3.63) is 41.1 Å². The lowest BCUT2D eigenvalue weighted by atomic mass is 10.1. The van der Waals surface area contributed by atoms with E-state index in [9.17, 15) is 9.59 Å². The molecular weight excluding hydrogens is 320 g/mol. The molecule has 0 aliphatic rings. The van der Waals surface area contributed by atoms with Crippen LogP contribution in [-0.4, -0.2) is 28.2 Å². The highest BCUT2D eigenvalue weighted by Gasteiger charge is 2.22. The van der Waals surface area contributed by atoms with E-state index in [2.05, 4.69) is 10.4 Å². The molecule has 1 aromatic carbocycles. The highest BCUT2D eigenvalue weighted by Crippen LogP contribution is 2.23. The number of amides is 2. The fraction of sp³-hybridized carbons (Fsp3) is 0.389. The molecule has 0 fully saturated rings. The van der Waals surface area contributed by atoms with Crippen LogP contribution in [0.2, 0.25) is 0 Å². The van der Waals surface area contributed by atoms with Crippen molar-refractivity contribution >= 4 is 17.6 Å². The molecule has 134 valence electrons. The predicted molar refractivity (Wildman–Crippen MR) is 96.0 cm³/mol. The van der Waals surface area contributed by atoms with E-state index in [1.165, 1.54) is 0 Å². The van der Waals surface area contributed by atoms with E-state index in [1.807, 2.05) is 19.9 Å². The number of primary amides is 1. The number of para-hydroxylation sites is 1. The van der Waals surface area contributed by atoms with Crippen molar-refractivity contribution < 1.29 is 14.3 Å². The molecule has 2 amide bonds. The Bertz CT molecular complexity index is 768. The summed E-state index contributed by atoms with van der Waals surface area (Å²) in [7, 11) is 0. The van der Waals surface area contributed by atoms with Gasteiger partial charge < -0.3 is 15.8 Å². The molecule has 3 N–H and O–H groups in total. The predicted octanol–water partition coefficient (Wildman–Crippen LogP) is 2.74. The molecule has 7 heteroatoms. The standard InChI is InChI=1S/C18H24N4O3/c1-4-10-22-17(15(16(19)23)12(3)21-22)20-18(24)13-8-6-7-9-14(13)25-11-5-2/h6-9H,4-5,10-11H2,1-3H3,(H2,19,23)(H,20,24). The molecule has 2 rings (SSSR count). The number of nitrogens with one attached hydrogen (secondary N) is 1. The smallest absolute Gasteiger partial charge is 0.260 e. The van der Waals surface area contributed by atoms with Gasteiger partial charge in [0, 0.05) is 6.54 Å². The lowest BCUT2D eigenvalue weighted by Crippen LogP contribution is -2.21. The van der Waals surface area contributed by atoms with Gasteiger partial charge in [0.2, 0.25) is 0 Å². The number of ether oxygens (including phenoxy) is 1.